The summed E-state index contributed by atoms with van der Waals surface area (Å²) in [5, 5.41) is 3.66. The van der Waals surface area contributed by atoms with Crippen LogP contribution in [0.2, 0.25) is 0 Å². The Bertz CT molecular complexity index is 267. The number of aromatic nitrogens is 3. The Morgan fingerprint density at radius 1 is 1.64 bits per heavy atom. The Labute approximate surface area is 62.4 Å². The smallest absolute Gasteiger partial charge is 0.248 e. The largest absolute Gasteiger partial charge is 0.297 e. The van der Waals surface area contributed by atoms with E-state index in [0.717, 1.165) is 4.68 Å². The minimum absolute atomic E-state index is 0.225. The summed E-state index contributed by atoms with van der Waals surface area (Å²) in [6.07, 6.45) is -1.26. The highest BCUT2D eigenvalue weighted by molar-refractivity contribution is 5.35. The molecular formula is C6H7F2N3. The number of hydrogen-bond donors (Lipinski definition) is 0. The average molecular weight is 159 g/mol. The fourth-order valence-corrected chi connectivity index (χ4v) is 0.693. The number of hydrogen-bond acceptors (Lipinski definition) is 2. The Hall–Kier alpha value is -1.26. The van der Waals surface area contributed by atoms with Crippen LogP contribution in [0.1, 0.15) is 18.1 Å². The van der Waals surface area contributed by atoms with Crippen LogP contribution in [-0.2, 0) is 7.05 Å². The van der Waals surface area contributed by atoms with Crippen molar-refractivity contribution in [2.24, 2.45) is 7.05 Å². The lowest BCUT2D eigenvalue weighted by Gasteiger charge is -1.94. The van der Waals surface area contributed by atoms with Gasteiger partial charge < -0.3 is 0 Å². The molecule has 0 aliphatic rings. The lowest BCUT2D eigenvalue weighted by Crippen LogP contribution is -1.98. The van der Waals surface area contributed by atoms with Gasteiger partial charge in [0.1, 0.15) is 0 Å². The van der Waals surface area contributed by atoms with Crippen LogP contribution in [-0.4, -0.2) is 14.8 Å². The van der Waals surface area contributed by atoms with Crippen molar-refractivity contribution >= 4 is 6.08 Å². The summed E-state index contributed by atoms with van der Waals surface area (Å²) in [6.45, 7) is 3.36. The maximum Gasteiger partial charge on any atom is 0.297 e. The molecule has 1 heterocycles. The molecule has 1 aromatic rings. The van der Waals surface area contributed by atoms with E-state index in [2.05, 4.69) is 16.7 Å². The number of rotatable bonds is 2. The molecule has 0 amide bonds. The van der Waals surface area contributed by atoms with E-state index >= 15 is 0 Å². The van der Waals surface area contributed by atoms with Crippen molar-refractivity contribution in [3.63, 3.8) is 0 Å². The van der Waals surface area contributed by atoms with Crippen molar-refractivity contribution in [3.8, 4) is 0 Å². The second kappa shape index (κ2) is 2.77. The van der Waals surface area contributed by atoms with Gasteiger partial charge in [-0.1, -0.05) is 6.58 Å². The normalized spacial score (nSPS) is 10.5. The summed E-state index contributed by atoms with van der Waals surface area (Å²) in [5.41, 5.74) is 0. The van der Waals surface area contributed by atoms with Crippen LogP contribution in [0.3, 0.4) is 0 Å². The maximum atomic E-state index is 12.0. The fraction of sp³-hybridized carbons (Fsp3) is 0.333. The molecule has 0 fully saturated rings. The summed E-state index contributed by atoms with van der Waals surface area (Å²) in [6, 6.07) is 0. The molecule has 0 aliphatic carbocycles. The maximum absolute atomic E-state index is 12.0. The molecule has 0 aliphatic heterocycles. The van der Waals surface area contributed by atoms with Gasteiger partial charge in [-0.25, -0.2) is 18.4 Å². The second-order valence-electron chi connectivity index (χ2n) is 1.96. The van der Waals surface area contributed by atoms with Crippen molar-refractivity contribution in [2.45, 2.75) is 6.43 Å². The number of alkyl halides is 2. The van der Waals surface area contributed by atoms with Crippen molar-refractivity contribution < 1.29 is 8.78 Å². The molecule has 11 heavy (non-hydrogen) atoms. The first-order valence-electron chi connectivity index (χ1n) is 2.96. The van der Waals surface area contributed by atoms with Crippen LogP contribution < -0.4 is 0 Å². The minimum atomic E-state index is -2.58. The van der Waals surface area contributed by atoms with Crippen molar-refractivity contribution in [1.82, 2.24) is 14.8 Å². The van der Waals surface area contributed by atoms with Gasteiger partial charge in [0.05, 0.1) is 0 Å². The molecule has 0 aromatic carbocycles. The zero-order valence-electron chi connectivity index (χ0n) is 5.96. The Morgan fingerprint density at radius 3 is 2.55 bits per heavy atom. The van der Waals surface area contributed by atoms with Gasteiger partial charge in [-0.05, 0) is 6.08 Å². The molecule has 3 nitrogen and oxygen atoms in total. The molecule has 0 N–H and O–H groups in total. The average Bonchev–Trinajstić information content (AvgIpc) is 2.30. The quantitative estimate of drug-likeness (QED) is 0.652. The van der Waals surface area contributed by atoms with E-state index in [1.807, 2.05) is 0 Å². The number of nitrogens with zero attached hydrogens (tertiary/aromatic N) is 3. The van der Waals surface area contributed by atoms with E-state index in [4.69, 9.17) is 0 Å². The first-order valence-corrected chi connectivity index (χ1v) is 2.96. The lowest BCUT2D eigenvalue weighted by molar-refractivity contribution is 0.135. The van der Waals surface area contributed by atoms with Crippen LogP contribution in [0.4, 0.5) is 8.78 Å². The van der Waals surface area contributed by atoms with Crippen LogP contribution in [0.5, 0.6) is 0 Å². The van der Waals surface area contributed by atoms with Crippen molar-refractivity contribution in [1.29, 1.82) is 0 Å². The van der Waals surface area contributed by atoms with Gasteiger partial charge in [0.2, 0.25) is 0 Å². The van der Waals surface area contributed by atoms with Crippen LogP contribution >= 0.6 is 0 Å². The summed E-state index contributed by atoms with van der Waals surface area (Å²) in [5.74, 6) is -0.109. The second-order valence-corrected chi connectivity index (χ2v) is 1.96. The summed E-state index contributed by atoms with van der Waals surface area (Å²) >= 11 is 0. The molecule has 5 heteroatoms. The Morgan fingerprint density at radius 2 is 2.27 bits per heavy atom. The molecular weight excluding hydrogens is 152 g/mol. The van der Waals surface area contributed by atoms with Crippen molar-refractivity contribution in [2.75, 3.05) is 0 Å². The van der Waals surface area contributed by atoms with Gasteiger partial charge in [0.15, 0.2) is 11.6 Å². The SMILES string of the molecule is C=Cc1nc(C(F)F)n(C)n1. The minimum Gasteiger partial charge on any atom is -0.248 e. The van der Waals surface area contributed by atoms with Gasteiger partial charge >= 0.3 is 0 Å². The van der Waals surface area contributed by atoms with Crippen LogP contribution in [0.15, 0.2) is 6.58 Å². The molecule has 1 rings (SSSR count). The molecule has 0 spiro atoms. The monoisotopic (exact) mass is 159 g/mol. The van der Waals surface area contributed by atoms with E-state index in [0.29, 0.717) is 0 Å². The van der Waals surface area contributed by atoms with E-state index < -0.39 is 6.43 Å². The van der Waals surface area contributed by atoms with E-state index in [1.54, 1.807) is 0 Å². The molecule has 0 bridgehead atoms. The molecule has 0 unspecified atom stereocenters. The third-order valence-electron chi connectivity index (χ3n) is 1.19. The highest BCUT2D eigenvalue weighted by Crippen LogP contribution is 2.15. The van der Waals surface area contributed by atoms with Gasteiger partial charge in [-0.2, -0.15) is 5.10 Å². The van der Waals surface area contributed by atoms with Gasteiger partial charge in [-0.3, -0.25) is 0 Å². The fourth-order valence-electron chi connectivity index (χ4n) is 0.693. The number of aryl methyl sites for hydroxylation is 1. The van der Waals surface area contributed by atoms with Gasteiger partial charge in [-0.15, -0.1) is 0 Å². The third-order valence-corrected chi connectivity index (χ3v) is 1.19. The van der Waals surface area contributed by atoms with E-state index in [9.17, 15) is 8.78 Å². The number of halogens is 2. The molecule has 0 radical (unpaired) electrons. The summed E-state index contributed by atoms with van der Waals surface area (Å²) in [4.78, 5) is 3.51. The van der Waals surface area contributed by atoms with Crippen LogP contribution in [0, 0.1) is 0 Å². The summed E-state index contributed by atoms with van der Waals surface area (Å²) < 4.78 is 25.1. The highest BCUT2D eigenvalue weighted by Gasteiger charge is 2.14. The van der Waals surface area contributed by atoms with E-state index in [1.165, 1.54) is 13.1 Å². The highest BCUT2D eigenvalue weighted by atomic mass is 19.3. The molecule has 0 saturated heterocycles. The Kier molecular flexibility index (Phi) is 1.98. The van der Waals surface area contributed by atoms with Crippen molar-refractivity contribution in [3.05, 3.63) is 18.2 Å². The summed E-state index contributed by atoms with van der Waals surface area (Å²) in [7, 11) is 1.42. The molecule has 0 atom stereocenters. The molecule has 1 aromatic heterocycles. The van der Waals surface area contributed by atoms with Crippen LogP contribution in [0.25, 0.3) is 6.08 Å². The topological polar surface area (TPSA) is 30.7 Å². The molecule has 0 saturated carbocycles. The van der Waals surface area contributed by atoms with Gasteiger partial charge in [0, 0.05) is 7.05 Å². The first-order chi connectivity index (χ1) is 5.15. The predicted octanol–water partition coefficient (Wildman–Crippen LogP) is 1.40. The predicted molar refractivity (Wildman–Crippen MR) is 36.1 cm³/mol. The van der Waals surface area contributed by atoms with E-state index in [-0.39, 0.29) is 11.6 Å². The Balaban J connectivity index is 3.06. The standard InChI is InChI=1S/C6H7F2N3/c1-3-4-9-6(5(7)8)11(2)10-4/h3,5H,1H2,2H3. The lowest BCUT2D eigenvalue weighted by atomic mass is 10.6. The third kappa shape index (κ3) is 1.42. The zero-order valence-corrected chi connectivity index (χ0v) is 5.96. The zero-order chi connectivity index (χ0) is 8.43. The molecule has 60 valence electrons. The first kappa shape index (κ1) is 7.84. The van der Waals surface area contributed by atoms with Gasteiger partial charge in [0.25, 0.3) is 6.43 Å².